The first kappa shape index (κ1) is 30.0. The number of aliphatic hydroxyl groups is 4. The smallest absolute Gasteiger partial charge is 0.338 e. The number of carbonyl (C=O) groups is 1. The van der Waals surface area contributed by atoms with Gasteiger partial charge in [0, 0.05) is 76.0 Å². The first-order valence-corrected chi connectivity index (χ1v) is 15.5. The van der Waals surface area contributed by atoms with Crippen LogP contribution in [0, 0.1) is 34.5 Å². The van der Waals surface area contributed by atoms with E-state index in [4.69, 9.17) is 23.7 Å². The van der Waals surface area contributed by atoms with Gasteiger partial charge < -0.3 is 44.1 Å². The molecule has 11 heteroatoms. The zero-order valence-corrected chi connectivity index (χ0v) is 25.5. The van der Waals surface area contributed by atoms with E-state index in [1.54, 1.807) is 51.7 Å². The molecule has 1 unspecified atom stereocenters. The van der Waals surface area contributed by atoms with Gasteiger partial charge in [-0.25, -0.2) is 4.79 Å². The summed E-state index contributed by atoms with van der Waals surface area (Å²) < 4.78 is 30.5. The number of carbonyl (C=O) groups excluding carboxylic acids is 1. The molecule has 238 valence electrons. The fraction of sp³-hybridized carbons (Fsp3) is 0.781. The lowest BCUT2D eigenvalue weighted by Gasteiger charge is -2.70. The first-order chi connectivity index (χ1) is 20.6. The van der Waals surface area contributed by atoms with Crippen LogP contribution in [0.15, 0.2) is 30.3 Å². The Hall–Kier alpha value is -1.67. The van der Waals surface area contributed by atoms with Gasteiger partial charge in [-0.05, 0) is 31.0 Å². The molecule has 1 spiro atoms. The van der Waals surface area contributed by atoms with Crippen LogP contribution in [0.5, 0.6) is 0 Å². The van der Waals surface area contributed by atoms with Crippen molar-refractivity contribution in [2.75, 3.05) is 48.1 Å². The molecule has 11 nitrogen and oxygen atoms in total. The van der Waals surface area contributed by atoms with Gasteiger partial charge in [0.15, 0.2) is 0 Å². The van der Waals surface area contributed by atoms with Crippen LogP contribution < -0.4 is 0 Å². The lowest BCUT2D eigenvalue weighted by Crippen LogP contribution is -2.81. The van der Waals surface area contributed by atoms with E-state index in [2.05, 4.69) is 11.8 Å². The predicted molar refractivity (Wildman–Crippen MR) is 151 cm³/mol. The summed E-state index contributed by atoms with van der Waals surface area (Å²) >= 11 is 0. The Labute approximate surface area is 252 Å². The highest BCUT2D eigenvalue weighted by Gasteiger charge is 2.91. The molecule has 1 heterocycles. The minimum absolute atomic E-state index is 0.106. The number of hydrogen-bond acceptors (Lipinski definition) is 11. The fourth-order valence-electron chi connectivity index (χ4n) is 11.9. The number of fused-ring (bicyclic) bond motifs is 2. The Morgan fingerprint density at radius 3 is 2.33 bits per heavy atom. The second-order valence-electron chi connectivity index (χ2n) is 13.9. The average molecular weight is 604 g/mol. The number of rotatable bonds is 8. The fourth-order valence-corrected chi connectivity index (χ4v) is 11.9. The molecular weight excluding hydrogens is 558 g/mol. The number of aliphatic hydroxyl groups excluding tert-OH is 2. The zero-order chi connectivity index (χ0) is 30.7. The Morgan fingerprint density at radius 2 is 1.72 bits per heavy atom. The van der Waals surface area contributed by atoms with Crippen LogP contribution >= 0.6 is 0 Å². The minimum atomic E-state index is -1.86. The molecule has 0 amide bonds. The SMILES string of the molecule is CCN1C[C@]2(COC)[C@H](O)C[C@H](OC)[C@]34C1[C@H]([C@H](OC)[C@@H]23)[C@]1(O)[C@H]2[C@@H](OC(=O)c3ccccc3)[C@](O)(C[C@H]24)[C@@H](OC)[C@@H]1O. The predicted octanol–water partition coefficient (Wildman–Crippen LogP) is 0.0773. The maximum atomic E-state index is 13.6. The van der Waals surface area contributed by atoms with Crippen molar-refractivity contribution < 1.29 is 48.9 Å². The van der Waals surface area contributed by atoms with Gasteiger partial charge in [0.25, 0.3) is 0 Å². The molecule has 15 atom stereocenters. The molecule has 6 aliphatic rings. The number of ether oxygens (including phenoxy) is 5. The van der Waals surface area contributed by atoms with Crippen LogP contribution in [-0.4, -0.2) is 133 Å². The number of benzene rings is 1. The molecular formula is C32H45NO10. The quantitative estimate of drug-likeness (QED) is 0.300. The van der Waals surface area contributed by atoms with E-state index in [1.807, 2.05) is 0 Å². The summed E-state index contributed by atoms with van der Waals surface area (Å²) in [6, 6.07) is 8.25. The monoisotopic (exact) mass is 603 g/mol. The Bertz CT molecular complexity index is 1250. The number of esters is 1. The highest BCUT2D eigenvalue weighted by atomic mass is 16.6. The van der Waals surface area contributed by atoms with Gasteiger partial charge in [0.1, 0.15) is 29.5 Å². The number of piperidine rings is 1. The van der Waals surface area contributed by atoms with Gasteiger partial charge in [-0.15, -0.1) is 0 Å². The van der Waals surface area contributed by atoms with E-state index in [-0.39, 0.29) is 25.0 Å². The number of hydrogen-bond donors (Lipinski definition) is 4. The summed E-state index contributed by atoms with van der Waals surface area (Å²) in [5.74, 6) is -2.94. The van der Waals surface area contributed by atoms with E-state index < -0.39 is 82.4 Å². The normalized spacial score (nSPS) is 52.7. The van der Waals surface area contributed by atoms with Crippen LogP contribution in [-0.2, 0) is 23.7 Å². The van der Waals surface area contributed by atoms with Crippen LogP contribution in [0.3, 0.4) is 0 Å². The molecule has 0 aromatic heterocycles. The second-order valence-corrected chi connectivity index (χ2v) is 13.9. The maximum Gasteiger partial charge on any atom is 0.338 e. The van der Waals surface area contributed by atoms with Crippen LogP contribution in [0.4, 0.5) is 0 Å². The zero-order valence-electron chi connectivity index (χ0n) is 25.5. The van der Waals surface area contributed by atoms with E-state index in [1.165, 1.54) is 7.11 Å². The van der Waals surface area contributed by atoms with Gasteiger partial charge in [-0.1, -0.05) is 25.1 Å². The van der Waals surface area contributed by atoms with Gasteiger partial charge in [-0.3, -0.25) is 4.90 Å². The first-order valence-electron chi connectivity index (χ1n) is 15.5. The molecule has 6 fully saturated rings. The topological polar surface area (TPSA) is 147 Å². The maximum absolute atomic E-state index is 13.6. The summed E-state index contributed by atoms with van der Waals surface area (Å²) in [7, 11) is 6.29. The van der Waals surface area contributed by atoms with Crippen molar-refractivity contribution in [1.29, 1.82) is 0 Å². The summed E-state index contributed by atoms with van der Waals surface area (Å²) in [5.41, 5.74) is -4.81. The molecule has 1 aliphatic heterocycles. The number of methoxy groups -OCH3 is 4. The molecule has 5 aliphatic carbocycles. The summed E-state index contributed by atoms with van der Waals surface area (Å²) in [6.07, 6.45) is -5.27. The Morgan fingerprint density at radius 1 is 1.00 bits per heavy atom. The average Bonchev–Trinajstić information content (AvgIpc) is 3.39. The minimum Gasteiger partial charge on any atom is -0.455 e. The van der Waals surface area contributed by atoms with Crippen molar-refractivity contribution in [3.8, 4) is 0 Å². The van der Waals surface area contributed by atoms with Gasteiger partial charge in [0.05, 0.1) is 30.5 Å². The lowest BCUT2D eigenvalue weighted by molar-refractivity contribution is -0.320. The molecule has 5 saturated carbocycles. The van der Waals surface area contributed by atoms with Crippen molar-refractivity contribution in [2.45, 2.75) is 73.6 Å². The second kappa shape index (κ2) is 9.91. The highest BCUT2D eigenvalue weighted by Crippen LogP contribution is 2.80. The summed E-state index contributed by atoms with van der Waals surface area (Å²) in [5, 5.41) is 49.7. The van der Waals surface area contributed by atoms with Gasteiger partial charge in [0.2, 0.25) is 0 Å². The van der Waals surface area contributed by atoms with E-state index in [9.17, 15) is 25.2 Å². The largest absolute Gasteiger partial charge is 0.455 e. The molecule has 0 radical (unpaired) electrons. The summed E-state index contributed by atoms with van der Waals surface area (Å²) in [4.78, 5) is 15.8. The molecule has 7 rings (SSSR count). The molecule has 1 aromatic rings. The van der Waals surface area contributed by atoms with Crippen molar-refractivity contribution in [3.05, 3.63) is 35.9 Å². The molecule has 1 saturated heterocycles. The molecule has 7 bridgehead atoms. The molecule has 4 N–H and O–H groups in total. The summed E-state index contributed by atoms with van der Waals surface area (Å²) in [6.45, 7) is 3.46. The van der Waals surface area contributed by atoms with Gasteiger partial charge in [-0.2, -0.15) is 0 Å². The van der Waals surface area contributed by atoms with E-state index in [0.717, 1.165) is 0 Å². The van der Waals surface area contributed by atoms with Gasteiger partial charge >= 0.3 is 5.97 Å². The van der Waals surface area contributed by atoms with E-state index in [0.29, 0.717) is 25.1 Å². The standard InChI is InChI=1S/C32H45NO10/c1-6-33-14-29(15-39-2)18(34)12-19(40-3)31-17-13-30(37)26(43-28(36)16-10-8-7-9-11-16)20(17)32(38,25(35)27(30)42-5)21(24(31)33)22(41-4)23(29)31/h7-11,17-27,34-35,37-38H,6,12-15H2,1-5H3/t17-,18-,19+,20-,21+,22+,23+,24?,25+,26-,27+,29+,30-,31+,32-/m1/s1. The van der Waals surface area contributed by atoms with Crippen LogP contribution in [0.25, 0.3) is 0 Å². The third-order valence-corrected chi connectivity index (χ3v) is 12.9. The van der Waals surface area contributed by atoms with Crippen LogP contribution in [0.1, 0.15) is 30.1 Å². The number of nitrogens with zero attached hydrogens (tertiary/aromatic N) is 1. The van der Waals surface area contributed by atoms with Crippen LogP contribution in [0.2, 0.25) is 0 Å². The third-order valence-electron chi connectivity index (χ3n) is 12.9. The van der Waals surface area contributed by atoms with Crippen molar-refractivity contribution in [3.63, 3.8) is 0 Å². The molecule has 1 aromatic carbocycles. The third kappa shape index (κ3) is 3.28. The highest BCUT2D eigenvalue weighted by molar-refractivity contribution is 5.89. The van der Waals surface area contributed by atoms with Crippen molar-refractivity contribution in [2.24, 2.45) is 34.5 Å². The Balaban J connectivity index is 1.48. The van der Waals surface area contributed by atoms with Crippen molar-refractivity contribution in [1.82, 2.24) is 4.90 Å². The number of likely N-dealkylation sites (tertiary alicyclic amines) is 1. The Kier molecular flexibility index (Phi) is 6.92. The van der Waals surface area contributed by atoms with Crippen molar-refractivity contribution >= 4 is 5.97 Å². The lowest BCUT2D eigenvalue weighted by atomic mass is 9.42. The van der Waals surface area contributed by atoms with E-state index >= 15 is 0 Å². The molecule has 43 heavy (non-hydrogen) atoms.